The number of halogens is 4. The fourth-order valence-corrected chi connectivity index (χ4v) is 1.43. The molecule has 1 rings (SSSR count). The monoisotopic (exact) mass is 231 g/mol. The van der Waals surface area contributed by atoms with Crippen molar-refractivity contribution in [3.63, 3.8) is 0 Å². The molecule has 1 N–H and O–H groups in total. The van der Waals surface area contributed by atoms with Crippen LogP contribution >= 0.6 is 11.6 Å². The number of rotatable bonds is 5. The lowest BCUT2D eigenvalue weighted by Crippen LogP contribution is -2.41. The second kappa shape index (κ2) is 4.68. The molecule has 0 aromatic carbocycles. The Morgan fingerprint density at radius 3 is 2.36 bits per heavy atom. The molecule has 6 heteroatoms. The summed E-state index contributed by atoms with van der Waals surface area (Å²) in [4.78, 5) is 1.26. The minimum Gasteiger partial charge on any atom is -0.391 e. The molecule has 0 saturated heterocycles. The Morgan fingerprint density at radius 2 is 2.00 bits per heavy atom. The summed E-state index contributed by atoms with van der Waals surface area (Å²) in [7, 11) is 0. The molecule has 0 aromatic heterocycles. The van der Waals surface area contributed by atoms with Crippen molar-refractivity contribution in [2.24, 2.45) is 0 Å². The third-order valence-corrected chi connectivity index (χ3v) is 2.43. The predicted octanol–water partition coefficient (Wildman–Crippen LogP) is 1.61. The summed E-state index contributed by atoms with van der Waals surface area (Å²) >= 11 is 5.33. The highest BCUT2D eigenvalue weighted by Crippen LogP contribution is 2.30. The SMILES string of the molecule is OC(CCl)CN(CC(F)(F)F)C1CC1. The Kier molecular flexibility index (Phi) is 4.04. The van der Waals surface area contributed by atoms with Crippen molar-refractivity contribution in [1.82, 2.24) is 4.90 Å². The maximum atomic E-state index is 12.1. The summed E-state index contributed by atoms with van der Waals surface area (Å²) in [5, 5.41) is 9.16. The number of hydrogen-bond acceptors (Lipinski definition) is 2. The van der Waals surface area contributed by atoms with Gasteiger partial charge in [-0.25, -0.2) is 0 Å². The van der Waals surface area contributed by atoms with Gasteiger partial charge in [0.05, 0.1) is 12.6 Å². The fraction of sp³-hybridized carbons (Fsp3) is 1.00. The molecule has 1 aliphatic carbocycles. The van der Waals surface area contributed by atoms with Crippen molar-refractivity contribution in [3.8, 4) is 0 Å². The van der Waals surface area contributed by atoms with Gasteiger partial charge in [0.1, 0.15) is 0 Å². The lowest BCUT2D eigenvalue weighted by Gasteiger charge is -2.24. The first-order chi connectivity index (χ1) is 6.42. The first-order valence-corrected chi connectivity index (χ1v) is 5.00. The molecule has 0 bridgehead atoms. The molecule has 0 aromatic rings. The molecular formula is C8H13ClF3NO. The van der Waals surface area contributed by atoms with E-state index in [0.29, 0.717) is 0 Å². The van der Waals surface area contributed by atoms with Crippen molar-refractivity contribution in [3.05, 3.63) is 0 Å². The van der Waals surface area contributed by atoms with Crippen molar-refractivity contribution in [2.45, 2.75) is 31.2 Å². The molecule has 1 fully saturated rings. The van der Waals surface area contributed by atoms with Gasteiger partial charge in [0.2, 0.25) is 0 Å². The molecule has 1 unspecified atom stereocenters. The van der Waals surface area contributed by atoms with Crippen LogP contribution in [-0.4, -0.2) is 47.3 Å². The van der Waals surface area contributed by atoms with Crippen LogP contribution in [-0.2, 0) is 0 Å². The van der Waals surface area contributed by atoms with E-state index in [0.717, 1.165) is 12.8 Å². The van der Waals surface area contributed by atoms with Crippen molar-refractivity contribution in [1.29, 1.82) is 0 Å². The van der Waals surface area contributed by atoms with E-state index in [9.17, 15) is 13.2 Å². The number of aliphatic hydroxyl groups excluding tert-OH is 1. The van der Waals surface area contributed by atoms with E-state index in [1.807, 2.05) is 0 Å². The highest BCUT2D eigenvalue weighted by atomic mass is 35.5. The number of nitrogens with zero attached hydrogens (tertiary/aromatic N) is 1. The van der Waals surface area contributed by atoms with E-state index >= 15 is 0 Å². The number of aliphatic hydroxyl groups is 1. The lowest BCUT2D eigenvalue weighted by molar-refractivity contribution is -0.149. The highest BCUT2D eigenvalue weighted by molar-refractivity contribution is 6.18. The average molecular weight is 232 g/mol. The Labute approximate surface area is 85.6 Å². The normalized spacial score (nSPS) is 20.1. The molecule has 14 heavy (non-hydrogen) atoms. The van der Waals surface area contributed by atoms with Crippen molar-refractivity contribution < 1.29 is 18.3 Å². The maximum Gasteiger partial charge on any atom is 0.401 e. The molecule has 84 valence electrons. The summed E-state index contributed by atoms with van der Waals surface area (Å²) in [5.41, 5.74) is 0. The summed E-state index contributed by atoms with van der Waals surface area (Å²) in [5.74, 6) is -0.0267. The van der Waals surface area contributed by atoms with Crippen LogP contribution < -0.4 is 0 Å². The van der Waals surface area contributed by atoms with Crippen molar-refractivity contribution >= 4 is 11.6 Å². The van der Waals surface area contributed by atoms with Gasteiger partial charge in [-0.05, 0) is 12.8 Å². The van der Waals surface area contributed by atoms with Gasteiger partial charge in [-0.15, -0.1) is 11.6 Å². The summed E-state index contributed by atoms with van der Waals surface area (Å²) in [6.07, 6.45) is -3.51. The average Bonchev–Trinajstić information content (AvgIpc) is 2.82. The second-order valence-electron chi connectivity index (χ2n) is 3.58. The Morgan fingerprint density at radius 1 is 1.43 bits per heavy atom. The molecule has 1 saturated carbocycles. The van der Waals surface area contributed by atoms with Gasteiger partial charge in [-0.3, -0.25) is 4.90 Å². The highest BCUT2D eigenvalue weighted by Gasteiger charge is 2.38. The van der Waals surface area contributed by atoms with Gasteiger partial charge in [-0.1, -0.05) is 0 Å². The van der Waals surface area contributed by atoms with Gasteiger partial charge in [-0.2, -0.15) is 13.2 Å². The van der Waals surface area contributed by atoms with Gasteiger partial charge >= 0.3 is 6.18 Å². The van der Waals surface area contributed by atoms with E-state index in [-0.39, 0.29) is 18.5 Å². The topological polar surface area (TPSA) is 23.5 Å². The number of hydrogen-bond donors (Lipinski definition) is 1. The third kappa shape index (κ3) is 4.48. The van der Waals surface area contributed by atoms with E-state index in [4.69, 9.17) is 16.7 Å². The first kappa shape index (κ1) is 12.1. The summed E-state index contributed by atoms with van der Waals surface area (Å²) < 4.78 is 36.3. The Balaban J connectivity index is 2.39. The van der Waals surface area contributed by atoms with E-state index < -0.39 is 18.8 Å². The minimum absolute atomic E-state index is 0.00762. The summed E-state index contributed by atoms with van der Waals surface area (Å²) in [6, 6.07) is -0.0190. The molecular weight excluding hydrogens is 219 g/mol. The van der Waals surface area contributed by atoms with Gasteiger partial charge in [0, 0.05) is 18.5 Å². The van der Waals surface area contributed by atoms with Crippen LogP contribution in [0.1, 0.15) is 12.8 Å². The van der Waals surface area contributed by atoms with E-state index in [1.54, 1.807) is 0 Å². The Hall–Kier alpha value is -0.0000000000000000555. The van der Waals surface area contributed by atoms with Crippen LogP contribution in [0.5, 0.6) is 0 Å². The predicted molar refractivity (Wildman–Crippen MR) is 47.4 cm³/mol. The molecule has 1 aliphatic rings. The van der Waals surface area contributed by atoms with Crippen LogP contribution in [0.4, 0.5) is 13.2 Å². The maximum absolute atomic E-state index is 12.1. The minimum atomic E-state index is -4.20. The smallest absolute Gasteiger partial charge is 0.391 e. The van der Waals surface area contributed by atoms with Crippen LogP contribution in [0.15, 0.2) is 0 Å². The first-order valence-electron chi connectivity index (χ1n) is 4.47. The zero-order valence-electron chi connectivity index (χ0n) is 7.60. The number of alkyl halides is 4. The molecule has 0 amide bonds. The molecule has 0 spiro atoms. The van der Waals surface area contributed by atoms with Gasteiger partial charge < -0.3 is 5.11 Å². The second-order valence-corrected chi connectivity index (χ2v) is 3.89. The fourth-order valence-electron chi connectivity index (χ4n) is 1.33. The van der Waals surface area contributed by atoms with Gasteiger partial charge in [0.25, 0.3) is 0 Å². The molecule has 0 heterocycles. The van der Waals surface area contributed by atoms with Crippen LogP contribution in [0.3, 0.4) is 0 Å². The zero-order valence-corrected chi connectivity index (χ0v) is 8.35. The third-order valence-electron chi connectivity index (χ3n) is 2.07. The standard InChI is InChI=1S/C8H13ClF3NO/c9-3-7(14)4-13(6-1-2-6)5-8(10,11)12/h6-7,14H,1-5H2. The lowest BCUT2D eigenvalue weighted by atomic mass is 10.3. The molecule has 0 radical (unpaired) electrons. The van der Waals surface area contributed by atoms with Crippen LogP contribution in [0.25, 0.3) is 0 Å². The molecule has 0 aliphatic heterocycles. The molecule has 1 atom stereocenters. The van der Waals surface area contributed by atoms with E-state index in [2.05, 4.69) is 0 Å². The zero-order chi connectivity index (χ0) is 10.8. The molecule has 2 nitrogen and oxygen atoms in total. The quantitative estimate of drug-likeness (QED) is 0.727. The van der Waals surface area contributed by atoms with Gasteiger partial charge in [0.15, 0.2) is 0 Å². The largest absolute Gasteiger partial charge is 0.401 e. The summed E-state index contributed by atoms with van der Waals surface area (Å²) in [6.45, 7) is -0.945. The Bertz CT molecular complexity index is 184. The van der Waals surface area contributed by atoms with Crippen LogP contribution in [0, 0.1) is 0 Å². The van der Waals surface area contributed by atoms with Crippen LogP contribution in [0.2, 0.25) is 0 Å². The van der Waals surface area contributed by atoms with E-state index in [1.165, 1.54) is 4.90 Å². The van der Waals surface area contributed by atoms with Crippen molar-refractivity contribution in [2.75, 3.05) is 19.0 Å².